The van der Waals surface area contributed by atoms with E-state index in [-0.39, 0.29) is 29.0 Å². The van der Waals surface area contributed by atoms with Gasteiger partial charge in [0.1, 0.15) is 6.07 Å². The first-order valence-corrected chi connectivity index (χ1v) is 11.4. The zero-order valence-corrected chi connectivity index (χ0v) is 19.1. The van der Waals surface area contributed by atoms with Crippen LogP contribution < -0.4 is 10.5 Å². The summed E-state index contributed by atoms with van der Waals surface area (Å²) in [6, 6.07) is 9.24. The van der Waals surface area contributed by atoms with Gasteiger partial charge in [0.25, 0.3) is 5.56 Å². The number of aromatic nitrogens is 3. The van der Waals surface area contributed by atoms with Crippen LogP contribution in [0.25, 0.3) is 10.9 Å². The Bertz CT molecular complexity index is 1250. The molecular weight excluding hydrogens is 428 g/mol. The molecule has 3 heterocycles. The molecule has 0 spiro atoms. The molecule has 1 aliphatic heterocycles. The highest BCUT2D eigenvalue weighted by molar-refractivity contribution is 7.99. The molecule has 4 rings (SSSR count). The monoisotopic (exact) mass is 452 g/mol. The molecule has 166 valence electrons. The smallest absolute Gasteiger partial charge is 0.262 e. The molecule has 2 aromatic heterocycles. The summed E-state index contributed by atoms with van der Waals surface area (Å²) in [7, 11) is 0. The maximum absolute atomic E-state index is 12.9. The van der Waals surface area contributed by atoms with Gasteiger partial charge in [-0.3, -0.25) is 14.2 Å². The zero-order valence-electron chi connectivity index (χ0n) is 18.2. The van der Waals surface area contributed by atoms with Gasteiger partial charge in [-0.1, -0.05) is 23.9 Å². The molecule has 32 heavy (non-hydrogen) atoms. The Hall–Kier alpha value is -3.32. The number of piperazine rings is 1. The normalized spacial score (nSPS) is 14.2. The molecule has 0 unspecified atom stereocenters. The van der Waals surface area contributed by atoms with E-state index in [2.05, 4.69) is 16.0 Å². The Labute approximate surface area is 189 Å². The summed E-state index contributed by atoms with van der Waals surface area (Å²) < 4.78 is 7.22. The lowest BCUT2D eigenvalue weighted by atomic mass is 10.2. The van der Waals surface area contributed by atoms with Crippen LogP contribution in [0.1, 0.15) is 31.5 Å². The van der Waals surface area contributed by atoms with Crippen molar-refractivity contribution in [2.45, 2.75) is 32.0 Å². The number of nitrogens with zero attached hydrogens (tertiary/aromatic N) is 6. The minimum absolute atomic E-state index is 0.0124. The van der Waals surface area contributed by atoms with E-state index < -0.39 is 0 Å². The predicted molar refractivity (Wildman–Crippen MR) is 122 cm³/mol. The summed E-state index contributed by atoms with van der Waals surface area (Å²) in [5.41, 5.74) is 0.810. The van der Waals surface area contributed by atoms with Crippen LogP contribution in [-0.4, -0.2) is 57.3 Å². The van der Waals surface area contributed by atoms with Crippen molar-refractivity contribution in [3.8, 4) is 6.07 Å². The number of fused-ring (bicyclic) bond motifs is 1. The highest BCUT2D eigenvalue weighted by Gasteiger charge is 2.26. The third kappa shape index (κ3) is 4.21. The number of anilines is 1. The van der Waals surface area contributed by atoms with Gasteiger partial charge >= 0.3 is 0 Å². The number of hydrogen-bond acceptors (Lipinski definition) is 8. The van der Waals surface area contributed by atoms with Gasteiger partial charge in [0, 0.05) is 39.1 Å². The molecule has 0 aliphatic carbocycles. The number of carbonyl (C=O) groups excluding carboxylic acids is 1. The van der Waals surface area contributed by atoms with Gasteiger partial charge in [-0.2, -0.15) is 5.26 Å². The van der Waals surface area contributed by atoms with E-state index in [0.29, 0.717) is 54.0 Å². The van der Waals surface area contributed by atoms with E-state index >= 15 is 0 Å². The molecule has 0 atom stereocenters. The first kappa shape index (κ1) is 21.9. The maximum Gasteiger partial charge on any atom is 0.262 e. The quantitative estimate of drug-likeness (QED) is 0.429. The van der Waals surface area contributed by atoms with E-state index in [9.17, 15) is 14.9 Å². The molecule has 1 aliphatic rings. The van der Waals surface area contributed by atoms with Crippen LogP contribution in [0.2, 0.25) is 0 Å². The highest BCUT2D eigenvalue weighted by atomic mass is 32.2. The number of oxazole rings is 1. The summed E-state index contributed by atoms with van der Waals surface area (Å²) in [4.78, 5) is 38.2. The summed E-state index contributed by atoms with van der Waals surface area (Å²) in [5, 5.41) is 10.4. The van der Waals surface area contributed by atoms with Crippen molar-refractivity contribution >= 4 is 34.5 Å². The molecule has 1 amide bonds. The summed E-state index contributed by atoms with van der Waals surface area (Å²) in [5.74, 6) is 1.10. The van der Waals surface area contributed by atoms with Crippen LogP contribution in [0.4, 0.5) is 5.88 Å². The molecular formula is C22H24N6O3S. The van der Waals surface area contributed by atoms with Gasteiger partial charge in [0.05, 0.1) is 16.7 Å². The summed E-state index contributed by atoms with van der Waals surface area (Å²) >= 11 is 1.29. The van der Waals surface area contributed by atoms with Gasteiger partial charge < -0.3 is 14.2 Å². The van der Waals surface area contributed by atoms with Crippen LogP contribution >= 0.6 is 11.8 Å². The van der Waals surface area contributed by atoms with Crippen molar-refractivity contribution in [3.63, 3.8) is 0 Å². The van der Waals surface area contributed by atoms with Gasteiger partial charge in [0.2, 0.25) is 17.5 Å². The fourth-order valence-electron chi connectivity index (χ4n) is 3.76. The van der Waals surface area contributed by atoms with Gasteiger partial charge in [0.15, 0.2) is 11.0 Å². The van der Waals surface area contributed by atoms with E-state index in [0.717, 1.165) is 0 Å². The van der Waals surface area contributed by atoms with Crippen molar-refractivity contribution in [2.24, 2.45) is 0 Å². The number of nitriles is 1. The summed E-state index contributed by atoms with van der Waals surface area (Å²) in [6.45, 7) is 7.74. The minimum Gasteiger partial charge on any atom is -0.424 e. The van der Waals surface area contributed by atoms with Crippen molar-refractivity contribution in [3.05, 3.63) is 46.2 Å². The lowest BCUT2D eigenvalue weighted by molar-refractivity contribution is -0.128. The zero-order chi connectivity index (χ0) is 22.8. The fraction of sp³-hybridized carbons (Fsp3) is 0.409. The molecule has 0 saturated carbocycles. The lowest BCUT2D eigenvalue weighted by Crippen LogP contribution is -2.49. The third-order valence-corrected chi connectivity index (χ3v) is 6.30. The van der Waals surface area contributed by atoms with E-state index in [4.69, 9.17) is 4.42 Å². The first-order chi connectivity index (χ1) is 15.4. The molecule has 1 fully saturated rings. The van der Waals surface area contributed by atoms with Crippen molar-refractivity contribution in [1.82, 2.24) is 19.4 Å². The molecule has 0 radical (unpaired) electrons. The Morgan fingerprint density at radius 1 is 1.22 bits per heavy atom. The summed E-state index contributed by atoms with van der Waals surface area (Å²) in [6.07, 6.45) is 0. The number of amides is 1. The van der Waals surface area contributed by atoms with E-state index in [1.165, 1.54) is 11.8 Å². The van der Waals surface area contributed by atoms with E-state index in [1.54, 1.807) is 22.5 Å². The van der Waals surface area contributed by atoms with Crippen molar-refractivity contribution in [1.29, 1.82) is 5.26 Å². The molecule has 10 heteroatoms. The fourth-order valence-corrected chi connectivity index (χ4v) is 4.79. The molecule has 3 aromatic rings. The number of carbonyl (C=O) groups is 1. The third-order valence-electron chi connectivity index (χ3n) is 5.36. The Morgan fingerprint density at radius 3 is 2.62 bits per heavy atom. The Kier molecular flexibility index (Phi) is 6.19. The largest absolute Gasteiger partial charge is 0.424 e. The highest BCUT2D eigenvalue weighted by Crippen LogP contribution is 2.24. The van der Waals surface area contributed by atoms with Crippen LogP contribution in [0.3, 0.4) is 0 Å². The SMILES string of the molecule is Cc1nc(C#N)c(N2CCN(C(=O)CSc3nc4ccccc4c(=O)n3C(C)C)CC2)o1. The molecule has 1 aromatic carbocycles. The number of benzene rings is 1. The predicted octanol–water partition coefficient (Wildman–Crippen LogP) is 2.59. The lowest BCUT2D eigenvalue weighted by Gasteiger charge is -2.34. The topological polar surface area (TPSA) is 108 Å². The Balaban J connectivity index is 1.44. The van der Waals surface area contributed by atoms with Gasteiger partial charge in [-0.15, -0.1) is 0 Å². The second-order valence-corrected chi connectivity index (χ2v) is 8.78. The minimum atomic E-state index is -0.0928. The van der Waals surface area contributed by atoms with Crippen LogP contribution in [0, 0.1) is 18.3 Å². The second kappa shape index (κ2) is 9.04. The van der Waals surface area contributed by atoms with Gasteiger partial charge in [-0.05, 0) is 26.0 Å². The number of aryl methyl sites for hydroxylation is 1. The van der Waals surface area contributed by atoms with Gasteiger partial charge in [-0.25, -0.2) is 9.97 Å². The van der Waals surface area contributed by atoms with Crippen LogP contribution in [-0.2, 0) is 4.79 Å². The van der Waals surface area contributed by atoms with Crippen molar-refractivity contribution < 1.29 is 9.21 Å². The molecule has 0 N–H and O–H groups in total. The number of rotatable bonds is 5. The average Bonchev–Trinajstić information content (AvgIpc) is 3.18. The standard InChI is InChI=1S/C22H24N6O3S/c1-14(2)28-20(30)16-6-4-5-7-17(16)25-22(28)32-13-19(29)26-8-10-27(11-9-26)21-18(12-23)24-15(3)31-21/h4-7,14H,8-11,13H2,1-3H3. The van der Waals surface area contributed by atoms with E-state index in [1.807, 2.05) is 36.9 Å². The van der Waals surface area contributed by atoms with Crippen LogP contribution in [0.15, 0.2) is 38.6 Å². The first-order valence-electron chi connectivity index (χ1n) is 10.4. The maximum atomic E-state index is 12.9. The van der Waals surface area contributed by atoms with Crippen LogP contribution in [0.5, 0.6) is 0 Å². The second-order valence-electron chi connectivity index (χ2n) is 7.84. The number of para-hydroxylation sites is 1. The van der Waals surface area contributed by atoms with Crippen molar-refractivity contribution in [2.75, 3.05) is 36.8 Å². The average molecular weight is 453 g/mol. The molecule has 1 saturated heterocycles. The number of thioether (sulfide) groups is 1. The molecule has 0 bridgehead atoms. The number of hydrogen-bond donors (Lipinski definition) is 0. The molecule has 9 nitrogen and oxygen atoms in total. The Morgan fingerprint density at radius 2 is 1.94 bits per heavy atom.